The molecule has 1 aliphatic rings. The van der Waals surface area contributed by atoms with E-state index in [2.05, 4.69) is 4.74 Å². The molecule has 0 radical (unpaired) electrons. The van der Waals surface area contributed by atoms with E-state index in [1.165, 1.54) is 7.11 Å². The van der Waals surface area contributed by atoms with Crippen LogP contribution in [-0.4, -0.2) is 25.5 Å². The quantitative estimate of drug-likeness (QED) is 0.614. The molecule has 2 aromatic carbocycles. The minimum Gasteiger partial charge on any atom is -0.481 e. The van der Waals surface area contributed by atoms with Gasteiger partial charge in [-0.3, -0.25) is 4.79 Å². The first-order valence-corrected chi connectivity index (χ1v) is 7.91. The Morgan fingerprint density at radius 3 is 2.72 bits per heavy atom. The molecule has 0 saturated heterocycles. The Hall–Kier alpha value is -2.79. The summed E-state index contributed by atoms with van der Waals surface area (Å²) >= 11 is 6.13. The highest BCUT2D eigenvalue weighted by Crippen LogP contribution is 2.39. The van der Waals surface area contributed by atoms with E-state index in [0.717, 1.165) is 0 Å². The van der Waals surface area contributed by atoms with Gasteiger partial charge >= 0.3 is 5.97 Å². The fraction of sp³-hybridized carbons (Fsp3) is 0.158. The number of hydrogen-bond acceptors (Lipinski definition) is 5. The van der Waals surface area contributed by atoms with E-state index in [1.807, 2.05) is 12.1 Å². The lowest BCUT2D eigenvalue weighted by molar-refractivity contribution is -0.142. The first-order chi connectivity index (χ1) is 12.0. The number of benzene rings is 2. The van der Waals surface area contributed by atoms with Gasteiger partial charge in [-0.2, -0.15) is 0 Å². The molecule has 0 N–H and O–H groups in total. The number of carbonyl (C=O) groups excluding carboxylic acids is 2. The molecule has 0 atom stereocenters. The number of Topliss-reactive ketones (excluding diaryl/α,β-unsaturated/α-hetero) is 1. The molecule has 5 nitrogen and oxygen atoms in total. The molecule has 2 aromatic rings. The van der Waals surface area contributed by atoms with Crippen LogP contribution in [0, 0.1) is 6.92 Å². The summed E-state index contributed by atoms with van der Waals surface area (Å²) in [4.78, 5) is 23.8. The maximum atomic E-state index is 12.5. The Morgan fingerprint density at radius 1 is 1.24 bits per heavy atom. The molecular formula is C19H15ClO5. The molecule has 25 heavy (non-hydrogen) atoms. The van der Waals surface area contributed by atoms with Crippen LogP contribution in [0.3, 0.4) is 0 Å². The zero-order valence-electron chi connectivity index (χ0n) is 13.7. The highest BCUT2D eigenvalue weighted by Gasteiger charge is 2.30. The molecule has 0 bridgehead atoms. The average molecular weight is 359 g/mol. The molecule has 1 aliphatic heterocycles. The molecule has 0 amide bonds. The molecule has 0 spiro atoms. The summed E-state index contributed by atoms with van der Waals surface area (Å²) in [6, 6.07) is 10.4. The van der Waals surface area contributed by atoms with Crippen molar-refractivity contribution in [3.8, 4) is 11.5 Å². The lowest BCUT2D eigenvalue weighted by atomic mass is 10.1. The minimum atomic E-state index is -0.490. The van der Waals surface area contributed by atoms with Gasteiger partial charge in [0.2, 0.25) is 5.78 Å². The van der Waals surface area contributed by atoms with Gasteiger partial charge in [0.05, 0.1) is 12.7 Å². The van der Waals surface area contributed by atoms with Crippen LogP contribution in [0.15, 0.2) is 42.2 Å². The fourth-order valence-electron chi connectivity index (χ4n) is 2.45. The van der Waals surface area contributed by atoms with Gasteiger partial charge in [-0.25, -0.2) is 4.79 Å². The average Bonchev–Trinajstić information content (AvgIpc) is 2.93. The van der Waals surface area contributed by atoms with Crippen LogP contribution in [0.4, 0.5) is 0 Å². The van der Waals surface area contributed by atoms with Gasteiger partial charge < -0.3 is 14.2 Å². The van der Waals surface area contributed by atoms with Crippen LogP contribution in [0.2, 0.25) is 5.02 Å². The SMILES string of the molecule is COC(=O)COc1ccc2c(c1C)O/C(=C\c1ccccc1Cl)C2=O. The van der Waals surface area contributed by atoms with Crippen molar-refractivity contribution in [1.29, 1.82) is 0 Å². The number of hydrogen-bond donors (Lipinski definition) is 0. The summed E-state index contributed by atoms with van der Waals surface area (Å²) in [7, 11) is 1.29. The van der Waals surface area contributed by atoms with Gasteiger partial charge in [-0.15, -0.1) is 0 Å². The van der Waals surface area contributed by atoms with E-state index in [0.29, 0.717) is 33.2 Å². The third-order valence-corrected chi connectivity index (χ3v) is 4.15. The van der Waals surface area contributed by atoms with Crippen LogP contribution >= 0.6 is 11.6 Å². The third kappa shape index (κ3) is 3.37. The molecule has 0 saturated carbocycles. The van der Waals surface area contributed by atoms with Crippen LogP contribution in [-0.2, 0) is 9.53 Å². The van der Waals surface area contributed by atoms with Gasteiger partial charge in [0.25, 0.3) is 0 Å². The topological polar surface area (TPSA) is 61.8 Å². The minimum absolute atomic E-state index is 0.191. The Bertz CT molecular complexity index is 885. The maximum Gasteiger partial charge on any atom is 0.343 e. The highest BCUT2D eigenvalue weighted by atomic mass is 35.5. The molecule has 3 rings (SSSR count). The van der Waals surface area contributed by atoms with Crippen molar-refractivity contribution in [2.45, 2.75) is 6.92 Å². The van der Waals surface area contributed by atoms with Gasteiger partial charge in [-0.05, 0) is 36.8 Å². The fourth-order valence-corrected chi connectivity index (χ4v) is 2.64. The number of carbonyl (C=O) groups is 2. The Kier molecular flexibility index (Phi) is 4.76. The van der Waals surface area contributed by atoms with Crippen molar-refractivity contribution in [1.82, 2.24) is 0 Å². The first kappa shape index (κ1) is 17.0. The second kappa shape index (κ2) is 6.99. The molecule has 0 aromatic heterocycles. The van der Waals surface area contributed by atoms with Crippen LogP contribution in [0.5, 0.6) is 11.5 Å². The molecule has 0 aliphatic carbocycles. The van der Waals surface area contributed by atoms with E-state index in [-0.39, 0.29) is 18.1 Å². The second-order valence-electron chi connectivity index (χ2n) is 5.39. The zero-order chi connectivity index (χ0) is 18.0. The lowest BCUT2D eigenvalue weighted by Crippen LogP contribution is -2.13. The van der Waals surface area contributed by atoms with Crippen molar-refractivity contribution in [2.24, 2.45) is 0 Å². The van der Waals surface area contributed by atoms with E-state index in [4.69, 9.17) is 21.1 Å². The van der Waals surface area contributed by atoms with Gasteiger partial charge in [-0.1, -0.05) is 29.8 Å². The number of fused-ring (bicyclic) bond motifs is 1. The predicted molar refractivity (Wildman–Crippen MR) is 93.1 cm³/mol. The van der Waals surface area contributed by atoms with E-state index in [9.17, 15) is 9.59 Å². The largest absolute Gasteiger partial charge is 0.481 e. The standard InChI is InChI=1S/C19H15ClO5/c1-11-15(24-10-17(21)23-2)8-7-13-18(22)16(25-19(11)13)9-12-5-3-4-6-14(12)20/h3-9H,10H2,1-2H3/b16-9-. The summed E-state index contributed by atoms with van der Waals surface area (Å²) in [5.74, 6) is 0.353. The number of halogens is 1. The van der Waals surface area contributed by atoms with Gasteiger partial charge in [0.1, 0.15) is 11.5 Å². The van der Waals surface area contributed by atoms with E-state index >= 15 is 0 Å². The zero-order valence-corrected chi connectivity index (χ0v) is 14.4. The molecule has 0 fully saturated rings. The summed E-state index contributed by atoms with van der Waals surface area (Å²) in [6.07, 6.45) is 1.61. The summed E-state index contributed by atoms with van der Waals surface area (Å²) in [5, 5.41) is 0.529. The number of rotatable bonds is 4. The number of ketones is 1. The monoisotopic (exact) mass is 358 g/mol. The molecule has 128 valence electrons. The Morgan fingerprint density at radius 2 is 2.00 bits per heavy atom. The van der Waals surface area contributed by atoms with Crippen LogP contribution in [0.1, 0.15) is 21.5 Å². The summed E-state index contributed by atoms with van der Waals surface area (Å²) < 4.78 is 15.7. The Balaban J connectivity index is 1.90. The van der Waals surface area contributed by atoms with Crippen molar-refractivity contribution in [2.75, 3.05) is 13.7 Å². The lowest BCUT2D eigenvalue weighted by Gasteiger charge is -2.10. The van der Waals surface area contributed by atoms with Gasteiger partial charge in [0.15, 0.2) is 12.4 Å². The van der Waals surface area contributed by atoms with Crippen molar-refractivity contribution in [3.05, 3.63) is 63.9 Å². The second-order valence-corrected chi connectivity index (χ2v) is 5.80. The molecule has 0 unspecified atom stereocenters. The smallest absolute Gasteiger partial charge is 0.343 e. The first-order valence-electron chi connectivity index (χ1n) is 7.53. The van der Waals surface area contributed by atoms with Crippen molar-refractivity contribution in [3.63, 3.8) is 0 Å². The van der Waals surface area contributed by atoms with Crippen molar-refractivity contribution >= 4 is 29.4 Å². The Labute approximate surface area is 149 Å². The maximum absolute atomic E-state index is 12.5. The summed E-state index contributed by atoms with van der Waals surface area (Å²) in [6.45, 7) is 1.55. The third-order valence-electron chi connectivity index (χ3n) is 3.80. The van der Waals surface area contributed by atoms with Crippen LogP contribution < -0.4 is 9.47 Å². The molecule has 1 heterocycles. The van der Waals surface area contributed by atoms with Gasteiger partial charge in [0, 0.05) is 10.6 Å². The normalized spacial score (nSPS) is 14.2. The highest BCUT2D eigenvalue weighted by molar-refractivity contribution is 6.32. The number of ether oxygens (including phenoxy) is 3. The van der Waals surface area contributed by atoms with E-state index < -0.39 is 5.97 Å². The van der Waals surface area contributed by atoms with E-state index in [1.54, 1.807) is 37.3 Å². The van der Waals surface area contributed by atoms with Crippen LogP contribution in [0.25, 0.3) is 6.08 Å². The summed E-state index contributed by atoms with van der Waals surface area (Å²) in [5.41, 5.74) is 1.78. The predicted octanol–water partition coefficient (Wildman–Crippen LogP) is 3.82. The molecular weight excluding hydrogens is 344 g/mol. The number of methoxy groups -OCH3 is 1. The number of esters is 1. The number of allylic oxidation sites excluding steroid dienone is 1. The van der Waals surface area contributed by atoms with Crippen molar-refractivity contribution < 1.29 is 23.8 Å². The molecule has 6 heteroatoms.